The molecule has 0 spiro atoms. The number of halogens is 1. The van der Waals surface area contributed by atoms with Gasteiger partial charge in [-0.1, -0.05) is 136 Å². The van der Waals surface area contributed by atoms with Crippen LogP contribution in [0.15, 0.2) is 237 Å². The van der Waals surface area contributed by atoms with Gasteiger partial charge in [0.15, 0.2) is 0 Å². The summed E-state index contributed by atoms with van der Waals surface area (Å²) < 4.78 is 87.3. The van der Waals surface area contributed by atoms with Crippen molar-refractivity contribution in [1.82, 2.24) is 0 Å². The molecule has 3 heterocycles. The number of esters is 2. The summed E-state index contributed by atoms with van der Waals surface area (Å²) in [4.78, 5) is 35.9. The van der Waals surface area contributed by atoms with Gasteiger partial charge in [-0.2, -0.15) is 0 Å². The monoisotopic (exact) mass is 1840 g/mol. The van der Waals surface area contributed by atoms with E-state index in [1.165, 1.54) is 38.9 Å². The van der Waals surface area contributed by atoms with Crippen LogP contribution in [-0.2, 0) is 48.0 Å². The molecular weight excluding hydrogens is 1720 g/mol. The Balaban J connectivity index is 0.000000226. The van der Waals surface area contributed by atoms with E-state index in [0.717, 1.165) is 129 Å². The average molecular weight is 1840 g/mol. The van der Waals surface area contributed by atoms with Gasteiger partial charge in [0.2, 0.25) is 0 Å². The fourth-order valence-corrected chi connectivity index (χ4v) is 14.7. The molecule has 0 saturated heterocycles. The molecule has 0 unspecified atom stereocenters. The number of phenolic OH excluding ortho intramolecular Hbond substituents is 2. The van der Waals surface area contributed by atoms with E-state index in [0.29, 0.717) is 133 Å². The number of phenols is 2. The SMILES string of the molecule is CCCc1c(OCCCOc2cc(O)c(-c3ccoc3)cc2CC)cccc1Oc1ccccc1C(=O)OC.CCCc1c(OCCCOc2cc(O)c(-c3ccoc3)cc2CC)cccc1Oc1ccccc1C(=O)[O-].CCCc1c(OCCCOc2cc(O[Si](C)(C)C(C)(C)C)c(Br)cc2CC)cccc1Oc1ccccc1C(=O)OC.OB(O)c1ccoc1.[Na+]. The number of carboxylic acid groups (broad SMARTS) is 1. The van der Waals surface area contributed by atoms with E-state index >= 15 is 0 Å². The van der Waals surface area contributed by atoms with Crippen LogP contribution in [-0.4, -0.2) is 107 Å². The Morgan fingerprint density at radius 3 is 1.06 bits per heavy atom. The van der Waals surface area contributed by atoms with Crippen molar-refractivity contribution in [3.63, 3.8) is 0 Å². The number of ether oxygens (including phenoxy) is 11. The first kappa shape index (κ1) is 102. The number of hydrogen-bond donors (Lipinski definition) is 4. The molecule has 0 fully saturated rings. The third kappa shape index (κ3) is 29.0. The third-order valence-corrected chi connectivity index (χ3v) is 25.8. The molecule has 12 aromatic rings. The number of furan rings is 3. The normalized spacial score (nSPS) is 10.9. The number of methoxy groups -OCH3 is 2. The Bertz CT molecular complexity index is 5460. The van der Waals surface area contributed by atoms with Crippen LogP contribution in [0.25, 0.3) is 22.3 Å². The summed E-state index contributed by atoms with van der Waals surface area (Å²) in [6, 6.07) is 53.9. The van der Waals surface area contributed by atoms with E-state index in [-0.39, 0.29) is 57.4 Å². The van der Waals surface area contributed by atoms with Crippen molar-refractivity contribution in [1.29, 1.82) is 0 Å². The van der Waals surface area contributed by atoms with Gasteiger partial charge in [0.05, 0.1) is 102 Å². The second-order valence-corrected chi connectivity index (χ2v) is 36.5. The number of carbonyl (C=O) groups is 3. The predicted octanol–water partition coefficient (Wildman–Crippen LogP) is 19.5. The van der Waals surface area contributed by atoms with Crippen LogP contribution in [0.3, 0.4) is 0 Å². The van der Waals surface area contributed by atoms with Crippen LogP contribution in [0.5, 0.6) is 86.2 Å². The van der Waals surface area contributed by atoms with Gasteiger partial charge < -0.3 is 99.9 Å². The van der Waals surface area contributed by atoms with E-state index in [1.54, 1.807) is 104 Å². The molecule has 0 aliphatic rings. The molecule has 0 aliphatic carbocycles. The van der Waals surface area contributed by atoms with E-state index < -0.39 is 33.3 Å². The van der Waals surface area contributed by atoms with Crippen LogP contribution < -0.4 is 87.2 Å². The van der Waals surface area contributed by atoms with E-state index in [2.05, 4.69) is 94.9 Å². The molecule has 672 valence electrons. The molecule has 128 heavy (non-hydrogen) atoms. The molecule has 0 bridgehead atoms. The minimum atomic E-state index is -2.00. The maximum Gasteiger partial charge on any atom is 1.00 e. The molecule has 12 rings (SSSR count). The van der Waals surface area contributed by atoms with Gasteiger partial charge in [-0.3, -0.25) is 0 Å². The van der Waals surface area contributed by atoms with Crippen molar-refractivity contribution in [2.45, 2.75) is 157 Å². The fraction of sp³-hybridized carbons (Fsp3) is 0.317. The molecule has 4 N–H and O–H groups in total. The van der Waals surface area contributed by atoms with E-state index in [9.17, 15) is 29.7 Å². The molecule has 3 aromatic heterocycles. The summed E-state index contributed by atoms with van der Waals surface area (Å²) in [6.45, 7) is 26.4. The third-order valence-electron chi connectivity index (χ3n) is 20.8. The van der Waals surface area contributed by atoms with Crippen LogP contribution >= 0.6 is 15.9 Å². The maximum atomic E-state index is 12.2. The Morgan fingerprint density at radius 2 is 0.742 bits per heavy atom. The second-order valence-electron chi connectivity index (χ2n) is 30.9. The number of carboxylic acids is 1. The maximum absolute atomic E-state index is 12.2. The number of benzene rings is 9. The van der Waals surface area contributed by atoms with Crippen molar-refractivity contribution < 1.29 is 139 Å². The number of aryl methyl sites for hydroxylation is 3. The predicted molar refractivity (Wildman–Crippen MR) is 495 cm³/mol. The Labute approximate surface area is 782 Å². The number of para-hydroxylation sites is 3. The molecule has 23 nitrogen and oxygen atoms in total. The van der Waals surface area contributed by atoms with Gasteiger partial charge in [0.1, 0.15) is 97.4 Å². The summed E-state index contributed by atoms with van der Waals surface area (Å²) in [7, 11) is -0.697. The van der Waals surface area contributed by atoms with Gasteiger partial charge in [0, 0.05) is 87.4 Å². The Morgan fingerprint density at radius 1 is 0.414 bits per heavy atom. The minimum Gasteiger partial charge on any atom is -0.545 e. The number of aromatic hydroxyl groups is 2. The number of hydrogen-bond acceptors (Lipinski definition) is 23. The summed E-state index contributed by atoms with van der Waals surface area (Å²) in [6.07, 6.45) is 18.3. The molecule has 9 aromatic carbocycles. The van der Waals surface area contributed by atoms with Crippen LogP contribution in [0.2, 0.25) is 18.1 Å². The zero-order chi connectivity index (χ0) is 91.4. The molecule has 0 radical (unpaired) electrons. The molecule has 0 amide bonds. The van der Waals surface area contributed by atoms with Gasteiger partial charge in [-0.25, -0.2) is 9.59 Å². The summed E-state index contributed by atoms with van der Waals surface area (Å²) >= 11 is 3.71. The molecule has 27 heteroatoms. The van der Waals surface area contributed by atoms with Crippen LogP contribution in [0.1, 0.15) is 165 Å². The molecule has 0 aliphatic heterocycles. The van der Waals surface area contributed by atoms with Gasteiger partial charge >= 0.3 is 48.6 Å². The topological polar surface area (TPSA) is 305 Å². The first-order valence-corrected chi connectivity index (χ1v) is 46.5. The zero-order valence-electron chi connectivity index (χ0n) is 75.5. The number of aromatic carboxylic acids is 1. The quantitative estimate of drug-likeness (QED) is 0.0157. The van der Waals surface area contributed by atoms with Crippen molar-refractivity contribution >= 4 is 54.7 Å². The molecular formula is C101H115BBrNaO23Si. The fourth-order valence-electron chi connectivity index (χ4n) is 13.1. The van der Waals surface area contributed by atoms with Crippen molar-refractivity contribution in [3.05, 3.63) is 274 Å². The smallest absolute Gasteiger partial charge is 0.545 e. The van der Waals surface area contributed by atoms with E-state index in [1.807, 2.05) is 91.9 Å². The Hall–Kier alpha value is -11.5. The molecule has 0 saturated carbocycles. The van der Waals surface area contributed by atoms with Crippen molar-refractivity contribution in [3.8, 4) is 108 Å². The van der Waals surface area contributed by atoms with E-state index in [4.69, 9.17) is 75.4 Å². The van der Waals surface area contributed by atoms with Crippen molar-refractivity contribution in [2.75, 3.05) is 53.9 Å². The standard InChI is InChI=1S/C34H45BrO6Si.C32H34O7.C31H32O7.C4H5BO3.Na/c1-9-15-25-28(18-13-19-29(25)40-30-17-12-11-16-26(30)33(36)37-6)38-20-14-21-39-31-23-32(27(35)22-24(31)10-2)41-42(7,8)34(3,4)5;1-4-10-24-28(13-8-14-29(24)39-30-12-7-6-11-25(30)32(34)35-3)37-16-9-17-38-31-20-27(33)26(19-22(31)5-2)23-15-18-36-21-23;1-3-9-23-27(12-7-13-28(23)38-29-11-6-5-10-24(29)31(33)34)36-15-8-16-37-30-19-26(32)25(18-21(30)4-2)22-14-17-35-20-22;6-5(7)4-1-2-8-3-4;/h11-13,16-19,22-23H,9-10,14-15,20-21H2,1-8H3;6-8,11-15,18-21,33H,4-5,9-10,16-17H2,1-3H3;5-7,10-14,17-20,32H,3-4,8-9,15-16H2,1-2H3,(H,33,34);1-3,6-7H;/q;;;;+1/p-1. The Kier molecular flexibility index (Phi) is 41.0. The zero-order valence-corrected chi connectivity index (χ0v) is 80.1. The summed E-state index contributed by atoms with van der Waals surface area (Å²) in [5.74, 6) is 6.25. The first-order valence-electron chi connectivity index (χ1n) is 42.8. The average Bonchev–Trinajstić information content (AvgIpc) is 1.05. The largest absolute Gasteiger partial charge is 1.00 e. The van der Waals surface area contributed by atoms with Crippen LogP contribution in [0, 0.1) is 0 Å². The second kappa shape index (κ2) is 51.5. The summed E-state index contributed by atoms with van der Waals surface area (Å²) in [5, 5.41) is 49.4. The van der Waals surface area contributed by atoms with Crippen molar-refractivity contribution in [2.24, 2.45) is 0 Å². The van der Waals surface area contributed by atoms with Gasteiger partial charge in [-0.05, 0) is 198 Å². The van der Waals surface area contributed by atoms with Gasteiger partial charge in [-0.15, -0.1) is 0 Å². The molecule has 0 atom stereocenters. The minimum absolute atomic E-state index is 0. The number of carbonyl (C=O) groups excluding carboxylic acids is 3. The van der Waals surface area contributed by atoms with Gasteiger partial charge in [0.25, 0.3) is 8.32 Å². The number of rotatable bonds is 41. The first-order chi connectivity index (χ1) is 61.3. The van der Waals surface area contributed by atoms with Crippen LogP contribution in [0.4, 0.5) is 0 Å². The summed E-state index contributed by atoms with van der Waals surface area (Å²) in [5.41, 5.74) is 10.1.